The Morgan fingerprint density at radius 1 is 1.40 bits per heavy atom. The molecule has 1 saturated heterocycles. The van der Waals surface area contributed by atoms with Gasteiger partial charge in [0.2, 0.25) is 5.91 Å². The van der Waals surface area contributed by atoms with Crippen LogP contribution in [-0.2, 0) is 9.53 Å². The first-order valence-electron chi connectivity index (χ1n) is 7.01. The average Bonchev–Trinajstić information content (AvgIpc) is 2.76. The number of methoxy groups -OCH3 is 1. The first-order chi connectivity index (χ1) is 9.62. The smallest absolute Gasteiger partial charge is 0.223 e. The summed E-state index contributed by atoms with van der Waals surface area (Å²) in [6.07, 6.45) is 1.55. The molecule has 2 rings (SSSR count). The standard InChI is InChI=1S/C16H22BrNO2/c1-13(14-6-4-3-5-7-14)18-11-16(8-9-17,12-20-2)10-15(18)19/h3-7,13H,8-12H2,1-2H3/t13-,16-/m1/s1. The van der Waals surface area contributed by atoms with E-state index in [9.17, 15) is 4.79 Å². The molecule has 1 heterocycles. The maximum absolute atomic E-state index is 12.4. The number of alkyl halides is 1. The number of carbonyl (C=O) groups excluding carboxylic acids is 1. The number of likely N-dealkylation sites (tertiary alicyclic amines) is 1. The van der Waals surface area contributed by atoms with Crippen LogP contribution in [0.15, 0.2) is 30.3 Å². The number of benzene rings is 1. The van der Waals surface area contributed by atoms with Crippen molar-refractivity contribution >= 4 is 21.8 Å². The molecule has 0 aromatic heterocycles. The number of nitrogens with zero attached hydrogens (tertiary/aromatic N) is 1. The predicted octanol–water partition coefficient (Wildman–Crippen LogP) is 3.40. The Kier molecular flexibility index (Phi) is 5.22. The molecule has 1 aliphatic rings. The van der Waals surface area contributed by atoms with Crippen LogP contribution in [0.2, 0.25) is 0 Å². The molecular formula is C16H22BrNO2. The van der Waals surface area contributed by atoms with Gasteiger partial charge in [0, 0.05) is 30.8 Å². The first kappa shape index (κ1) is 15.5. The van der Waals surface area contributed by atoms with Crippen LogP contribution >= 0.6 is 15.9 Å². The van der Waals surface area contributed by atoms with Gasteiger partial charge in [-0.05, 0) is 18.9 Å². The first-order valence-corrected chi connectivity index (χ1v) is 8.13. The van der Waals surface area contributed by atoms with E-state index in [-0.39, 0.29) is 17.4 Å². The van der Waals surface area contributed by atoms with Crippen LogP contribution in [0.4, 0.5) is 0 Å². The lowest BCUT2D eigenvalue weighted by Gasteiger charge is -2.30. The summed E-state index contributed by atoms with van der Waals surface area (Å²) in [7, 11) is 1.71. The minimum absolute atomic E-state index is 0.0433. The molecule has 0 radical (unpaired) electrons. The zero-order chi connectivity index (χ0) is 14.6. The molecule has 3 nitrogen and oxygen atoms in total. The fraction of sp³-hybridized carbons (Fsp3) is 0.562. The number of carbonyl (C=O) groups is 1. The van der Waals surface area contributed by atoms with E-state index in [1.165, 1.54) is 5.56 Å². The Bertz CT molecular complexity index is 443. The summed E-state index contributed by atoms with van der Waals surface area (Å²) in [5.74, 6) is 0.236. The van der Waals surface area contributed by atoms with Gasteiger partial charge in [-0.2, -0.15) is 0 Å². The third-order valence-electron chi connectivity index (χ3n) is 4.18. The lowest BCUT2D eigenvalue weighted by atomic mass is 9.85. The van der Waals surface area contributed by atoms with Crippen LogP contribution in [0.1, 0.15) is 31.4 Å². The monoisotopic (exact) mass is 339 g/mol. The summed E-state index contributed by atoms with van der Waals surface area (Å²) in [6.45, 7) is 3.52. The SMILES string of the molecule is COC[C@]1(CCBr)CC(=O)N([C@H](C)c2ccccc2)C1. The van der Waals surface area contributed by atoms with Gasteiger partial charge in [0.15, 0.2) is 0 Å². The lowest BCUT2D eigenvalue weighted by Crippen LogP contribution is -2.33. The Labute approximate surface area is 129 Å². The van der Waals surface area contributed by atoms with Crippen LogP contribution in [0, 0.1) is 5.41 Å². The molecule has 0 spiro atoms. The van der Waals surface area contributed by atoms with Crippen molar-refractivity contribution in [3.8, 4) is 0 Å². The van der Waals surface area contributed by atoms with Crippen molar-refractivity contribution in [1.29, 1.82) is 0 Å². The molecule has 1 fully saturated rings. The number of amides is 1. The van der Waals surface area contributed by atoms with Gasteiger partial charge in [-0.15, -0.1) is 0 Å². The van der Waals surface area contributed by atoms with Gasteiger partial charge in [0.05, 0.1) is 12.6 Å². The Hall–Kier alpha value is -0.870. The molecule has 1 aliphatic heterocycles. The van der Waals surface area contributed by atoms with E-state index in [2.05, 4.69) is 35.0 Å². The van der Waals surface area contributed by atoms with E-state index in [4.69, 9.17) is 4.74 Å². The third kappa shape index (κ3) is 3.23. The van der Waals surface area contributed by atoms with Crippen molar-refractivity contribution in [3.63, 3.8) is 0 Å². The summed E-state index contributed by atoms with van der Waals surface area (Å²) in [4.78, 5) is 14.4. The maximum Gasteiger partial charge on any atom is 0.223 e. The highest BCUT2D eigenvalue weighted by Gasteiger charge is 2.44. The van der Waals surface area contributed by atoms with Gasteiger partial charge in [0.1, 0.15) is 0 Å². The second-order valence-electron chi connectivity index (χ2n) is 5.66. The Morgan fingerprint density at radius 3 is 2.70 bits per heavy atom. The normalized spacial score (nSPS) is 24.1. The molecule has 1 aromatic carbocycles. The zero-order valence-electron chi connectivity index (χ0n) is 12.1. The van der Waals surface area contributed by atoms with Crippen molar-refractivity contribution in [1.82, 2.24) is 4.90 Å². The molecule has 1 amide bonds. The highest BCUT2D eigenvalue weighted by molar-refractivity contribution is 9.09. The molecule has 0 aliphatic carbocycles. The molecule has 0 N–H and O–H groups in total. The second-order valence-corrected chi connectivity index (χ2v) is 6.45. The van der Waals surface area contributed by atoms with Crippen molar-refractivity contribution < 1.29 is 9.53 Å². The summed E-state index contributed by atoms with van der Waals surface area (Å²) in [6, 6.07) is 10.3. The molecule has 0 saturated carbocycles. The van der Waals surface area contributed by atoms with Crippen LogP contribution in [0.3, 0.4) is 0 Å². The van der Waals surface area contributed by atoms with Crippen LogP contribution in [-0.4, -0.2) is 36.4 Å². The highest BCUT2D eigenvalue weighted by Crippen LogP contribution is 2.39. The number of hydrogen-bond donors (Lipinski definition) is 0. The van der Waals surface area contributed by atoms with Crippen LogP contribution < -0.4 is 0 Å². The van der Waals surface area contributed by atoms with Crippen LogP contribution in [0.5, 0.6) is 0 Å². The predicted molar refractivity (Wildman–Crippen MR) is 83.9 cm³/mol. The summed E-state index contributed by atoms with van der Waals surface area (Å²) in [5.41, 5.74) is 1.14. The maximum atomic E-state index is 12.4. The number of hydrogen-bond acceptors (Lipinski definition) is 2. The lowest BCUT2D eigenvalue weighted by molar-refractivity contribution is -0.129. The van der Waals surface area contributed by atoms with E-state index in [1.54, 1.807) is 7.11 Å². The number of halogens is 1. The van der Waals surface area contributed by atoms with E-state index >= 15 is 0 Å². The molecule has 0 unspecified atom stereocenters. The van der Waals surface area contributed by atoms with E-state index < -0.39 is 0 Å². The molecule has 0 bridgehead atoms. The van der Waals surface area contributed by atoms with E-state index in [1.807, 2.05) is 23.1 Å². The molecule has 2 atom stereocenters. The van der Waals surface area contributed by atoms with Gasteiger partial charge in [-0.1, -0.05) is 46.3 Å². The second kappa shape index (κ2) is 6.72. The van der Waals surface area contributed by atoms with Gasteiger partial charge in [-0.25, -0.2) is 0 Å². The van der Waals surface area contributed by atoms with Crippen molar-refractivity contribution in [2.75, 3.05) is 25.6 Å². The largest absolute Gasteiger partial charge is 0.384 e. The molecule has 20 heavy (non-hydrogen) atoms. The molecular weight excluding hydrogens is 318 g/mol. The minimum Gasteiger partial charge on any atom is -0.384 e. The van der Waals surface area contributed by atoms with E-state index in [0.717, 1.165) is 18.3 Å². The number of rotatable bonds is 6. The highest BCUT2D eigenvalue weighted by atomic mass is 79.9. The summed E-state index contributed by atoms with van der Waals surface area (Å²) < 4.78 is 5.36. The Morgan fingerprint density at radius 2 is 2.10 bits per heavy atom. The Balaban J connectivity index is 2.15. The van der Waals surface area contributed by atoms with Crippen molar-refractivity contribution in [2.24, 2.45) is 5.41 Å². The summed E-state index contributed by atoms with van der Waals surface area (Å²) >= 11 is 3.50. The quantitative estimate of drug-likeness (QED) is 0.743. The minimum atomic E-state index is -0.0433. The molecule has 110 valence electrons. The number of ether oxygens (including phenoxy) is 1. The van der Waals surface area contributed by atoms with Gasteiger partial charge < -0.3 is 9.64 Å². The van der Waals surface area contributed by atoms with Gasteiger partial charge >= 0.3 is 0 Å². The fourth-order valence-electron chi connectivity index (χ4n) is 3.04. The fourth-order valence-corrected chi connectivity index (χ4v) is 3.88. The van der Waals surface area contributed by atoms with Crippen molar-refractivity contribution in [2.45, 2.75) is 25.8 Å². The van der Waals surface area contributed by atoms with Crippen molar-refractivity contribution in [3.05, 3.63) is 35.9 Å². The zero-order valence-corrected chi connectivity index (χ0v) is 13.7. The van der Waals surface area contributed by atoms with E-state index in [0.29, 0.717) is 13.0 Å². The van der Waals surface area contributed by atoms with Gasteiger partial charge in [-0.3, -0.25) is 4.79 Å². The molecule has 1 aromatic rings. The third-order valence-corrected chi connectivity index (χ3v) is 4.57. The average molecular weight is 340 g/mol. The van der Waals surface area contributed by atoms with Crippen LogP contribution in [0.25, 0.3) is 0 Å². The summed E-state index contributed by atoms with van der Waals surface area (Å²) in [5, 5.41) is 0.900. The van der Waals surface area contributed by atoms with Gasteiger partial charge in [0.25, 0.3) is 0 Å². The topological polar surface area (TPSA) is 29.5 Å². The molecule has 4 heteroatoms.